The van der Waals surface area contributed by atoms with E-state index in [9.17, 15) is 13.2 Å². The maximum atomic E-state index is 12.4. The summed E-state index contributed by atoms with van der Waals surface area (Å²) in [5.74, 6) is 0. The van der Waals surface area contributed by atoms with E-state index in [1.165, 1.54) is 23.3 Å². The zero-order valence-corrected chi connectivity index (χ0v) is 11.4. The Morgan fingerprint density at radius 2 is 1.60 bits per heavy atom. The second-order valence-electron chi connectivity index (χ2n) is 4.79. The first-order valence-electron chi connectivity index (χ1n) is 6.34. The van der Waals surface area contributed by atoms with E-state index in [-0.39, 0.29) is 0 Å². The van der Waals surface area contributed by atoms with Gasteiger partial charge in [-0.15, -0.1) is 0 Å². The van der Waals surface area contributed by atoms with E-state index in [0.29, 0.717) is 12.2 Å². The highest BCUT2D eigenvalue weighted by Gasteiger charge is 2.29. The number of rotatable bonds is 3. The predicted molar refractivity (Wildman–Crippen MR) is 74.7 cm³/mol. The minimum atomic E-state index is -4.29. The highest BCUT2D eigenvalue weighted by atomic mass is 19.4. The van der Waals surface area contributed by atoms with Crippen LogP contribution in [-0.4, -0.2) is 0 Å². The number of benzene rings is 2. The fraction of sp³-hybridized carbons (Fsp3) is 0.250. The summed E-state index contributed by atoms with van der Waals surface area (Å²) < 4.78 is 37.3. The van der Waals surface area contributed by atoms with Crippen molar-refractivity contribution in [3.63, 3.8) is 0 Å². The van der Waals surface area contributed by atoms with E-state index in [4.69, 9.17) is 0 Å². The van der Waals surface area contributed by atoms with Gasteiger partial charge in [-0.1, -0.05) is 18.2 Å². The van der Waals surface area contributed by atoms with Crippen molar-refractivity contribution < 1.29 is 13.2 Å². The third-order valence-corrected chi connectivity index (χ3v) is 3.41. The van der Waals surface area contributed by atoms with Crippen LogP contribution in [0.3, 0.4) is 0 Å². The minimum Gasteiger partial charge on any atom is -0.381 e. The number of halogens is 3. The summed E-state index contributed by atoms with van der Waals surface area (Å²) in [6.45, 7) is 4.68. The molecule has 0 aliphatic heterocycles. The summed E-state index contributed by atoms with van der Waals surface area (Å²) in [6, 6.07) is 11.1. The predicted octanol–water partition coefficient (Wildman–Crippen LogP) is 4.93. The Bertz CT molecular complexity index is 586. The second kappa shape index (κ2) is 5.57. The van der Waals surface area contributed by atoms with Crippen LogP contribution < -0.4 is 5.32 Å². The Kier molecular flexibility index (Phi) is 4.02. The topological polar surface area (TPSA) is 12.0 Å². The molecule has 0 aliphatic carbocycles. The van der Waals surface area contributed by atoms with Gasteiger partial charge >= 0.3 is 6.18 Å². The first-order valence-corrected chi connectivity index (χ1v) is 6.34. The molecule has 0 radical (unpaired) electrons. The summed E-state index contributed by atoms with van der Waals surface area (Å²) in [5, 5.41) is 3.14. The lowest BCUT2D eigenvalue weighted by atomic mass is 10.0. The van der Waals surface area contributed by atoms with E-state index in [1.54, 1.807) is 0 Å². The summed E-state index contributed by atoms with van der Waals surface area (Å²) in [6.07, 6.45) is -4.29. The lowest BCUT2D eigenvalue weighted by Gasteiger charge is -2.12. The van der Waals surface area contributed by atoms with Gasteiger partial charge in [-0.2, -0.15) is 13.2 Å². The summed E-state index contributed by atoms with van der Waals surface area (Å²) in [7, 11) is 0. The molecule has 0 saturated heterocycles. The van der Waals surface area contributed by atoms with Crippen LogP contribution in [0.25, 0.3) is 0 Å². The minimum absolute atomic E-state index is 0.596. The van der Waals surface area contributed by atoms with Crippen molar-refractivity contribution >= 4 is 5.69 Å². The smallest absolute Gasteiger partial charge is 0.381 e. The lowest BCUT2D eigenvalue weighted by molar-refractivity contribution is -0.137. The molecule has 20 heavy (non-hydrogen) atoms. The number of aryl methyl sites for hydroxylation is 1. The van der Waals surface area contributed by atoms with Crippen LogP contribution in [0.15, 0.2) is 42.5 Å². The molecule has 0 heterocycles. The average molecular weight is 279 g/mol. The van der Waals surface area contributed by atoms with Crippen molar-refractivity contribution in [3.05, 3.63) is 64.7 Å². The number of hydrogen-bond acceptors (Lipinski definition) is 1. The van der Waals surface area contributed by atoms with E-state index in [1.807, 2.05) is 32.0 Å². The molecular weight excluding hydrogens is 263 g/mol. The van der Waals surface area contributed by atoms with Crippen molar-refractivity contribution in [1.82, 2.24) is 0 Å². The largest absolute Gasteiger partial charge is 0.416 e. The number of anilines is 1. The first kappa shape index (κ1) is 14.4. The Morgan fingerprint density at radius 3 is 2.20 bits per heavy atom. The summed E-state index contributed by atoms with van der Waals surface area (Å²) in [5.41, 5.74) is 3.60. The van der Waals surface area contributed by atoms with E-state index < -0.39 is 11.7 Å². The maximum absolute atomic E-state index is 12.4. The number of hydrogen-bond donors (Lipinski definition) is 1. The highest BCUT2D eigenvalue weighted by Crippen LogP contribution is 2.29. The molecule has 0 saturated carbocycles. The Balaban J connectivity index is 2.06. The van der Waals surface area contributed by atoms with Gasteiger partial charge < -0.3 is 5.32 Å². The number of alkyl halides is 3. The normalized spacial score (nSPS) is 11.4. The molecule has 2 aromatic rings. The van der Waals surface area contributed by atoms with Crippen LogP contribution in [-0.2, 0) is 12.7 Å². The van der Waals surface area contributed by atoms with Gasteiger partial charge in [-0.3, -0.25) is 0 Å². The van der Waals surface area contributed by atoms with Crippen molar-refractivity contribution in [1.29, 1.82) is 0 Å². The molecule has 0 amide bonds. The van der Waals surface area contributed by atoms with Crippen molar-refractivity contribution in [3.8, 4) is 0 Å². The zero-order chi connectivity index (χ0) is 14.8. The van der Waals surface area contributed by atoms with E-state index in [0.717, 1.165) is 17.7 Å². The Morgan fingerprint density at radius 1 is 0.950 bits per heavy atom. The molecule has 0 unspecified atom stereocenters. The molecule has 0 spiro atoms. The molecular formula is C16H16F3N. The molecule has 106 valence electrons. The van der Waals surface area contributed by atoms with Crippen LogP contribution in [0.4, 0.5) is 18.9 Å². The number of nitrogens with one attached hydrogen (secondary N) is 1. The van der Waals surface area contributed by atoms with Gasteiger partial charge in [-0.05, 0) is 54.8 Å². The maximum Gasteiger partial charge on any atom is 0.416 e. The molecule has 2 rings (SSSR count). The van der Waals surface area contributed by atoms with Crippen LogP contribution >= 0.6 is 0 Å². The van der Waals surface area contributed by atoms with Crippen molar-refractivity contribution in [2.24, 2.45) is 0 Å². The molecule has 2 aromatic carbocycles. The third kappa shape index (κ3) is 3.32. The van der Waals surface area contributed by atoms with Crippen LogP contribution in [0.2, 0.25) is 0 Å². The molecule has 4 heteroatoms. The molecule has 0 atom stereocenters. The van der Waals surface area contributed by atoms with Gasteiger partial charge in [0.15, 0.2) is 0 Å². The molecule has 0 bridgehead atoms. The lowest BCUT2D eigenvalue weighted by Crippen LogP contribution is -2.06. The summed E-state index contributed by atoms with van der Waals surface area (Å²) >= 11 is 0. The molecule has 1 nitrogen and oxygen atoms in total. The quantitative estimate of drug-likeness (QED) is 0.839. The second-order valence-corrected chi connectivity index (χ2v) is 4.79. The van der Waals surface area contributed by atoms with Gasteiger partial charge in [-0.25, -0.2) is 0 Å². The van der Waals surface area contributed by atoms with Crippen LogP contribution in [0.1, 0.15) is 22.3 Å². The van der Waals surface area contributed by atoms with Gasteiger partial charge in [0.25, 0.3) is 0 Å². The van der Waals surface area contributed by atoms with Crippen LogP contribution in [0.5, 0.6) is 0 Å². The van der Waals surface area contributed by atoms with Gasteiger partial charge in [0, 0.05) is 12.2 Å². The van der Waals surface area contributed by atoms with Gasteiger partial charge in [0.05, 0.1) is 5.56 Å². The highest BCUT2D eigenvalue weighted by molar-refractivity contribution is 5.46. The third-order valence-electron chi connectivity index (χ3n) is 3.41. The fourth-order valence-electron chi connectivity index (χ4n) is 1.98. The SMILES string of the molecule is Cc1cccc(CNc2ccc(C(F)(F)F)cc2)c1C. The van der Waals surface area contributed by atoms with E-state index >= 15 is 0 Å². The molecule has 0 aromatic heterocycles. The van der Waals surface area contributed by atoms with Crippen LogP contribution in [0, 0.1) is 13.8 Å². The Hall–Kier alpha value is -1.97. The average Bonchev–Trinajstić information content (AvgIpc) is 2.40. The first-order chi connectivity index (χ1) is 9.38. The zero-order valence-electron chi connectivity index (χ0n) is 11.4. The Labute approximate surface area is 116 Å². The molecule has 1 N–H and O–H groups in total. The van der Waals surface area contributed by atoms with Gasteiger partial charge in [0.1, 0.15) is 0 Å². The standard InChI is InChI=1S/C16H16F3N/c1-11-4-3-5-13(12(11)2)10-20-15-8-6-14(7-9-15)16(17,18)19/h3-9,20H,10H2,1-2H3. The molecule has 0 aliphatic rings. The van der Waals surface area contributed by atoms with E-state index in [2.05, 4.69) is 5.32 Å². The van der Waals surface area contributed by atoms with Crippen molar-refractivity contribution in [2.45, 2.75) is 26.6 Å². The fourth-order valence-corrected chi connectivity index (χ4v) is 1.98. The summed E-state index contributed by atoms with van der Waals surface area (Å²) in [4.78, 5) is 0. The van der Waals surface area contributed by atoms with Crippen molar-refractivity contribution in [2.75, 3.05) is 5.32 Å². The molecule has 0 fully saturated rings. The van der Waals surface area contributed by atoms with Gasteiger partial charge in [0.2, 0.25) is 0 Å². The monoisotopic (exact) mass is 279 g/mol.